The molecule has 1 aromatic heterocycles. The number of amides is 2. The van der Waals surface area contributed by atoms with Gasteiger partial charge in [-0.2, -0.15) is 4.37 Å². The number of nitrogens with one attached hydrogen (secondary N) is 1. The van der Waals surface area contributed by atoms with Crippen LogP contribution in [0.15, 0.2) is 42.5 Å². The first-order valence-corrected chi connectivity index (χ1v) is 14.2. The molecule has 8 nitrogen and oxygen atoms in total. The number of rotatable bonds is 8. The van der Waals surface area contributed by atoms with Crippen LogP contribution in [0.4, 0.5) is 10.1 Å². The summed E-state index contributed by atoms with van der Waals surface area (Å²) in [6.07, 6.45) is 1.50. The summed E-state index contributed by atoms with van der Waals surface area (Å²) in [7, 11) is 0. The number of alkyl halides is 1. The predicted octanol–water partition coefficient (Wildman–Crippen LogP) is 5.34. The Morgan fingerprint density at radius 1 is 1.15 bits per heavy atom. The van der Waals surface area contributed by atoms with E-state index in [-0.39, 0.29) is 60.9 Å². The van der Waals surface area contributed by atoms with Crippen LogP contribution < -0.4 is 5.32 Å². The number of benzene rings is 2. The highest BCUT2D eigenvalue weighted by atomic mass is 35.5. The fraction of sp³-hybridized carbons (Fsp3) is 0.429. The summed E-state index contributed by atoms with van der Waals surface area (Å²) < 4.78 is 25.5. The number of hydrogen-bond acceptors (Lipinski definition) is 6. The van der Waals surface area contributed by atoms with Crippen LogP contribution in [-0.4, -0.2) is 63.6 Å². The van der Waals surface area contributed by atoms with Crippen LogP contribution in [0.1, 0.15) is 48.2 Å². The Morgan fingerprint density at radius 2 is 1.92 bits per heavy atom. The number of carbonyl (C=O) groups excluding carboxylic acids is 2. The van der Waals surface area contributed by atoms with E-state index < -0.39 is 12.1 Å². The van der Waals surface area contributed by atoms with E-state index in [1.54, 1.807) is 18.2 Å². The molecule has 2 N–H and O–H groups in total. The lowest BCUT2D eigenvalue weighted by atomic mass is 9.87. The van der Waals surface area contributed by atoms with Gasteiger partial charge in [-0.1, -0.05) is 35.9 Å². The van der Waals surface area contributed by atoms with Crippen molar-refractivity contribution < 1.29 is 28.6 Å². The molecule has 0 radical (unpaired) electrons. The Morgan fingerprint density at radius 3 is 2.67 bits per heavy atom. The first-order valence-electron chi connectivity index (χ1n) is 13.0. The largest absolute Gasteiger partial charge is 0.481 e. The molecule has 39 heavy (non-hydrogen) atoms. The maximum atomic E-state index is 14.3. The molecule has 2 aliphatic rings. The number of carboxylic acids is 1. The summed E-state index contributed by atoms with van der Waals surface area (Å²) in [6, 6.07) is 12.1. The first-order chi connectivity index (χ1) is 18.8. The van der Waals surface area contributed by atoms with Crippen LogP contribution in [-0.2, 0) is 20.7 Å². The quantitative estimate of drug-likeness (QED) is 0.376. The standard InChI is InChI=1S/C28H29ClFN3O5S/c29-22-11-16(5-10-23(22)31-27(35)26-21-3-1-2-4-24(21)39-32-26)12-25(34)33-14-18(30)13-19(33)15-38-20-8-6-17(7-9-20)28(36)37/h1-5,10-11,17-20H,6-9,12-15H2,(H,31,35)(H,36,37)/t17-,18-,19-,20-/m0/s1. The molecule has 2 aromatic carbocycles. The molecule has 0 unspecified atom stereocenters. The van der Waals surface area contributed by atoms with E-state index in [1.807, 2.05) is 24.3 Å². The van der Waals surface area contributed by atoms with E-state index >= 15 is 0 Å². The van der Waals surface area contributed by atoms with E-state index in [9.17, 15) is 18.8 Å². The van der Waals surface area contributed by atoms with Gasteiger partial charge in [-0.3, -0.25) is 14.4 Å². The van der Waals surface area contributed by atoms with Gasteiger partial charge in [0.25, 0.3) is 5.91 Å². The zero-order chi connectivity index (χ0) is 27.5. The molecule has 11 heteroatoms. The molecule has 206 valence electrons. The van der Waals surface area contributed by atoms with Crippen LogP contribution >= 0.6 is 23.1 Å². The van der Waals surface area contributed by atoms with Gasteiger partial charge in [0.2, 0.25) is 5.91 Å². The summed E-state index contributed by atoms with van der Waals surface area (Å²) in [4.78, 5) is 38.6. The lowest BCUT2D eigenvalue weighted by Crippen LogP contribution is -2.40. The second-order valence-corrected chi connectivity index (χ2v) is 11.4. The van der Waals surface area contributed by atoms with Crippen molar-refractivity contribution in [2.45, 2.75) is 56.8 Å². The summed E-state index contributed by atoms with van der Waals surface area (Å²) in [5.41, 5.74) is 1.38. The number of likely N-dealkylation sites (tertiary alicyclic amines) is 1. The molecule has 2 heterocycles. The van der Waals surface area contributed by atoms with Crippen molar-refractivity contribution in [1.29, 1.82) is 0 Å². The van der Waals surface area contributed by atoms with Crippen molar-refractivity contribution >= 4 is 56.7 Å². The zero-order valence-electron chi connectivity index (χ0n) is 21.1. The van der Waals surface area contributed by atoms with E-state index in [1.165, 1.54) is 16.4 Å². The lowest BCUT2D eigenvalue weighted by Gasteiger charge is -2.29. The van der Waals surface area contributed by atoms with Gasteiger partial charge in [-0.15, -0.1) is 0 Å². The highest BCUT2D eigenvalue weighted by Crippen LogP contribution is 2.30. The second kappa shape index (κ2) is 12.0. The van der Waals surface area contributed by atoms with Crippen molar-refractivity contribution in [3.8, 4) is 0 Å². The van der Waals surface area contributed by atoms with Gasteiger partial charge >= 0.3 is 5.97 Å². The zero-order valence-corrected chi connectivity index (χ0v) is 22.7. The van der Waals surface area contributed by atoms with E-state index in [0.29, 0.717) is 42.6 Å². The monoisotopic (exact) mass is 573 g/mol. The molecule has 0 bridgehead atoms. The number of fused-ring (bicyclic) bond motifs is 1. The molecule has 2 atom stereocenters. The van der Waals surface area contributed by atoms with E-state index in [0.717, 1.165) is 10.1 Å². The fourth-order valence-corrected chi connectivity index (χ4v) is 6.35. The number of ether oxygens (including phenoxy) is 1. The van der Waals surface area contributed by atoms with Gasteiger partial charge < -0.3 is 20.1 Å². The van der Waals surface area contributed by atoms with Gasteiger partial charge in [0.15, 0.2) is 0 Å². The minimum absolute atomic E-state index is 0.0160. The number of aromatic nitrogens is 1. The topological polar surface area (TPSA) is 109 Å². The molecular weight excluding hydrogens is 545 g/mol. The van der Waals surface area contributed by atoms with Crippen molar-refractivity contribution in [1.82, 2.24) is 9.27 Å². The second-order valence-electron chi connectivity index (χ2n) is 10.2. The molecule has 5 rings (SSSR count). The Kier molecular flexibility index (Phi) is 8.44. The number of nitrogens with zero attached hydrogens (tertiary/aromatic N) is 2. The van der Waals surface area contributed by atoms with Gasteiger partial charge in [0.05, 0.1) is 53.0 Å². The van der Waals surface area contributed by atoms with Crippen LogP contribution in [0.5, 0.6) is 0 Å². The predicted molar refractivity (Wildman–Crippen MR) is 147 cm³/mol. The van der Waals surface area contributed by atoms with Gasteiger partial charge in [0.1, 0.15) is 11.9 Å². The smallest absolute Gasteiger partial charge is 0.306 e. The molecule has 1 aliphatic heterocycles. The lowest BCUT2D eigenvalue weighted by molar-refractivity contribution is -0.144. The van der Waals surface area contributed by atoms with Crippen molar-refractivity contribution in [2.75, 3.05) is 18.5 Å². The van der Waals surface area contributed by atoms with E-state index in [4.69, 9.17) is 21.4 Å². The first kappa shape index (κ1) is 27.5. The molecule has 1 saturated carbocycles. The fourth-order valence-electron chi connectivity index (χ4n) is 5.32. The molecule has 1 saturated heterocycles. The SMILES string of the molecule is O=C(Nc1ccc(CC(=O)N2C[C@@H](F)C[C@H]2CO[C@H]2CC[C@H](C(=O)O)CC2)cc1Cl)c1nsc2ccccc12. The number of carbonyl (C=O) groups is 3. The molecule has 2 amide bonds. The summed E-state index contributed by atoms with van der Waals surface area (Å²) in [5.74, 6) is -1.70. The maximum Gasteiger partial charge on any atom is 0.306 e. The van der Waals surface area contributed by atoms with Gasteiger partial charge in [-0.05, 0) is 61.0 Å². The van der Waals surface area contributed by atoms with Crippen molar-refractivity contribution in [3.63, 3.8) is 0 Å². The normalized spacial score (nSPS) is 23.2. The van der Waals surface area contributed by atoms with Crippen molar-refractivity contribution in [2.24, 2.45) is 5.92 Å². The third-order valence-electron chi connectivity index (χ3n) is 7.46. The average molecular weight is 574 g/mol. The molecular formula is C28H29ClFN3O5S. The maximum absolute atomic E-state index is 14.3. The third kappa shape index (κ3) is 6.40. The highest BCUT2D eigenvalue weighted by Gasteiger charge is 2.36. The number of carboxylic acid groups (broad SMARTS) is 1. The third-order valence-corrected chi connectivity index (χ3v) is 8.60. The van der Waals surface area contributed by atoms with Crippen LogP contribution in [0.25, 0.3) is 10.1 Å². The number of hydrogen-bond donors (Lipinski definition) is 2. The van der Waals surface area contributed by atoms with Crippen LogP contribution in [0, 0.1) is 5.92 Å². The Labute approximate surface area is 234 Å². The molecule has 0 spiro atoms. The van der Waals surface area contributed by atoms with Gasteiger partial charge in [-0.25, -0.2) is 4.39 Å². The van der Waals surface area contributed by atoms with Gasteiger partial charge in [0, 0.05) is 11.8 Å². The highest BCUT2D eigenvalue weighted by molar-refractivity contribution is 7.13. The molecule has 2 fully saturated rings. The summed E-state index contributed by atoms with van der Waals surface area (Å²) in [6.45, 7) is 0.244. The van der Waals surface area contributed by atoms with Crippen LogP contribution in [0.2, 0.25) is 5.02 Å². The van der Waals surface area contributed by atoms with Crippen molar-refractivity contribution in [3.05, 3.63) is 58.7 Å². The minimum Gasteiger partial charge on any atom is -0.481 e. The number of halogens is 2. The summed E-state index contributed by atoms with van der Waals surface area (Å²) in [5, 5.41) is 13.0. The number of aliphatic carboxylic acids is 1. The molecule has 3 aromatic rings. The Hall–Kier alpha value is -3.08. The Balaban J connectivity index is 1.17. The minimum atomic E-state index is -1.12. The Bertz CT molecular complexity index is 1380. The van der Waals surface area contributed by atoms with E-state index in [2.05, 4.69) is 9.69 Å². The summed E-state index contributed by atoms with van der Waals surface area (Å²) >= 11 is 7.69. The average Bonchev–Trinajstić information content (AvgIpc) is 3.52. The van der Waals surface area contributed by atoms with Crippen LogP contribution in [0.3, 0.4) is 0 Å². The molecule has 1 aliphatic carbocycles. The number of anilines is 1.